The first-order chi connectivity index (χ1) is 13.8. The molecule has 0 radical (unpaired) electrons. The van der Waals surface area contributed by atoms with Crippen molar-refractivity contribution >= 4 is 27.5 Å². The highest BCUT2D eigenvalue weighted by Gasteiger charge is 2.35. The topological polar surface area (TPSA) is 85.2 Å². The van der Waals surface area contributed by atoms with E-state index in [0.717, 1.165) is 23.8 Å². The Morgan fingerprint density at radius 3 is 2.59 bits per heavy atom. The molecular weight excluding hydrogens is 408 g/mol. The quantitative estimate of drug-likeness (QED) is 0.622. The maximum absolute atomic E-state index is 12.9. The fraction of sp³-hybridized carbons (Fsp3) is 0.550. The van der Waals surface area contributed by atoms with E-state index >= 15 is 0 Å². The number of sulfone groups is 1. The molecule has 1 aliphatic carbocycles. The van der Waals surface area contributed by atoms with Gasteiger partial charge in [0.15, 0.2) is 15.0 Å². The van der Waals surface area contributed by atoms with Crippen molar-refractivity contribution in [3.63, 3.8) is 0 Å². The van der Waals surface area contributed by atoms with Crippen LogP contribution < -0.4 is 0 Å². The Labute approximate surface area is 175 Å². The van der Waals surface area contributed by atoms with E-state index in [4.69, 9.17) is 0 Å². The van der Waals surface area contributed by atoms with Crippen LogP contribution in [0.15, 0.2) is 35.5 Å². The SMILES string of the molecule is C[C@H](Sc1nnc(C2CC2)n1Cc1ccccc1)C(=O)N(C)[C@H]1CCS(=O)(=O)C1. The third-order valence-electron chi connectivity index (χ3n) is 5.61. The highest BCUT2D eigenvalue weighted by molar-refractivity contribution is 8.00. The van der Waals surface area contributed by atoms with E-state index in [9.17, 15) is 13.2 Å². The lowest BCUT2D eigenvalue weighted by molar-refractivity contribution is -0.130. The van der Waals surface area contributed by atoms with Crippen molar-refractivity contribution in [2.24, 2.45) is 0 Å². The minimum absolute atomic E-state index is 0.0582. The smallest absolute Gasteiger partial charge is 0.235 e. The number of benzene rings is 1. The second-order valence-electron chi connectivity index (χ2n) is 7.95. The van der Waals surface area contributed by atoms with Gasteiger partial charge < -0.3 is 9.47 Å². The molecule has 0 bridgehead atoms. The highest BCUT2D eigenvalue weighted by atomic mass is 32.2. The summed E-state index contributed by atoms with van der Waals surface area (Å²) in [4.78, 5) is 14.5. The number of carbonyl (C=O) groups excluding carboxylic acids is 1. The molecule has 156 valence electrons. The lowest BCUT2D eigenvalue weighted by atomic mass is 10.2. The summed E-state index contributed by atoms with van der Waals surface area (Å²) < 4.78 is 25.6. The summed E-state index contributed by atoms with van der Waals surface area (Å²) >= 11 is 1.40. The predicted molar refractivity (Wildman–Crippen MR) is 113 cm³/mol. The van der Waals surface area contributed by atoms with Gasteiger partial charge >= 0.3 is 0 Å². The average Bonchev–Trinajstić information content (AvgIpc) is 3.38. The molecule has 9 heteroatoms. The predicted octanol–water partition coefficient (Wildman–Crippen LogP) is 2.33. The van der Waals surface area contributed by atoms with Crippen LogP contribution in [0.2, 0.25) is 0 Å². The van der Waals surface area contributed by atoms with Crippen molar-refractivity contribution in [1.82, 2.24) is 19.7 Å². The molecule has 2 aromatic rings. The van der Waals surface area contributed by atoms with E-state index in [-0.39, 0.29) is 28.7 Å². The second kappa shape index (κ2) is 8.10. The number of nitrogens with zero attached hydrogens (tertiary/aromatic N) is 4. The Bertz CT molecular complexity index is 986. The van der Waals surface area contributed by atoms with E-state index in [1.54, 1.807) is 11.9 Å². The van der Waals surface area contributed by atoms with Crippen molar-refractivity contribution in [2.45, 2.75) is 55.1 Å². The summed E-state index contributed by atoms with van der Waals surface area (Å²) in [7, 11) is -1.32. The fourth-order valence-corrected chi connectivity index (χ4v) is 6.43. The minimum Gasteiger partial charge on any atom is -0.341 e. The van der Waals surface area contributed by atoms with Gasteiger partial charge in [0.2, 0.25) is 5.91 Å². The van der Waals surface area contributed by atoms with Gasteiger partial charge in [0.1, 0.15) is 5.82 Å². The Morgan fingerprint density at radius 2 is 1.97 bits per heavy atom. The van der Waals surface area contributed by atoms with Gasteiger partial charge in [-0.15, -0.1) is 10.2 Å². The number of hydrogen-bond acceptors (Lipinski definition) is 6. The minimum atomic E-state index is -3.03. The van der Waals surface area contributed by atoms with Crippen LogP contribution >= 0.6 is 11.8 Å². The van der Waals surface area contributed by atoms with Gasteiger partial charge in [-0.05, 0) is 31.7 Å². The number of thioether (sulfide) groups is 1. The fourth-order valence-electron chi connectivity index (χ4n) is 3.70. The Balaban J connectivity index is 1.49. The van der Waals surface area contributed by atoms with Crippen LogP contribution in [0.4, 0.5) is 0 Å². The number of amides is 1. The largest absolute Gasteiger partial charge is 0.341 e. The molecule has 0 spiro atoms. The number of carbonyl (C=O) groups is 1. The first kappa shape index (κ1) is 20.4. The van der Waals surface area contributed by atoms with Crippen molar-refractivity contribution in [2.75, 3.05) is 18.6 Å². The number of rotatable bonds is 7. The number of aromatic nitrogens is 3. The maximum Gasteiger partial charge on any atom is 0.235 e. The van der Waals surface area contributed by atoms with Crippen LogP contribution in [0.1, 0.15) is 43.5 Å². The molecule has 0 unspecified atom stereocenters. The van der Waals surface area contributed by atoms with Crippen molar-refractivity contribution in [1.29, 1.82) is 0 Å². The zero-order valence-electron chi connectivity index (χ0n) is 16.7. The lowest BCUT2D eigenvalue weighted by Gasteiger charge is -2.26. The van der Waals surface area contributed by atoms with Crippen LogP contribution in [-0.2, 0) is 21.2 Å². The van der Waals surface area contributed by atoms with Gasteiger partial charge in [0.05, 0.1) is 23.3 Å². The molecule has 0 N–H and O–H groups in total. The van der Waals surface area contributed by atoms with E-state index in [1.807, 2.05) is 25.1 Å². The van der Waals surface area contributed by atoms with Gasteiger partial charge in [-0.25, -0.2) is 8.42 Å². The van der Waals surface area contributed by atoms with Crippen molar-refractivity contribution in [3.8, 4) is 0 Å². The van der Waals surface area contributed by atoms with Gasteiger partial charge in [-0.2, -0.15) is 0 Å². The molecule has 2 heterocycles. The van der Waals surface area contributed by atoms with Gasteiger partial charge in [0.25, 0.3) is 0 Å². The summed E-state index contributed by atoms with van der Waals surface area (Å²) in [6, 6.07) is 9.94. The van der Waals surface area contributed by atoms with E-state index in [0.29, 0.717) is 18.9 Å². The first-order valence-electron chi connectivity index (χ1n) is 9.95. The van der Waals surface area contributed by atoms with E-state index in [2.05, 4.69) is 26.9 Å². The van der Waals surface area contributed by atoms with E-state index in [1.165, 1.54) is 17.3 Å². The summed E-state index contributed by atoms with van der Waals surface area (Å²) in [5.41, 5.74) is 1.17. The molecule has 1 aromatic carbocycles. The summed E-state index contributed by atoms with van der Waals surface area (Å²) in [5, 5.41) is 9.17. The van der Waals surface area contributed by atoms with Gasteiger partial charge in [-0.3, -0.25) is 4.79 Å². The third-order valence-corrected chi connectivity index (χ3v) is 8.42. The van der Waals surface area contributed by atoms with Crippen LogP contribution in [0.5, 0.6) is 0 Å². The number of hydrogen-bond donors (Lipinski definition) is 0. The molecule has 1 saturated heterocycles. The second-order valence-corrected chi connectivity index (χ2v) is 11.5. The molecule has 7 nitrogen and oxygen atoms in total. The van der Waals surface area contributed by atoms with Crippen LogP contribution in [0.3, 0.4) is 0 Å². The molecule has 2 atom stereocenters. The molecule has 1 aromatic heterocycles. The van der Waals surface area contributed by atoms with Gasteiger partial charge in [-0.1, -0.05) is 42.1 Å². The van der Waals surface area contributed by atoms with E-state index < -0.39 is 9.84 Å². The Kier molecular flexibility index (Phi) is 5.70. The normalized spacial score (nSPS) is 21.8. The summed E-state index contributed by atoms with van der Waals surface area (Å²) in [6.07, 6.45) is 2.77. The molecule has 29 heavy (non-hydrogen) atoms. The van der Waals surface area contributed by atoms with Gasteiger partial charge in [0, 0.05) is 19.0 Å². The maximum atomic E-state index is 12.9. The highest BCUT2D eigenvalue weighted by Crippen LogP contribution is 2.40. The first-order valence-corrected chi connectivity index (χ1v) is 12.6. The van der Waals surface area contributed by atoms with Crippen LogP contribution in [-0.4, -0.2) is 63.8 Å². The van der Waals surface area contributed by atoms with Crippen molar-refractivity contribution in [3.05, 3.63) is 41.7 Å². The zero-order valence-corrected chi connectivity index (χ0v) is 18.3. The molecular formula is C20H26N4O3S2. The Hall–Kier alpha value is -1.87. The summed E-state index contributed by atoms with van der Waals surface area (Å²) in [5.74, 6) is 1.60. The summed E-state index contributed by atoms with van der Waals surface area (Å²) in [6.45, 7) is 2.53. The standard InChI is InChI=1S/C20H26N4O3S2/c1-14(19(25)23(2)17-10-11-29(26,27)13-17)28-20-22-21-18(16-8-9-16)24(20)12-15-6-4-3-5-7-15/h3-7,14,16-17H,8-13H2,1-2H3/t14-,17-/m0/s1. The molecule has 2 fully saturated rings. The lowest BCUT2D eigenvalue weighted by Crippen LogP contribution is -2.41. The molecule has 1 aliphatic heterocycles. The third kappa shape index (κ3) is 4.66. The van der Waals surface area contributed by atoms with Crippen LogP contribution in [0.25, 0.3) is 0 Å². The molecule has 2 aliphatic rings. The molecule has 1 saturated carbocycles. The zero-order chi connectivity index (χ0) is 20.6. The van der Waals surface area contributed by atoms with Crippen LogP contribution in [0, 0.1) is 0 Å². The monoisotopic (exact) mass is 434 g/mol. The molecule has 4 rings (SSSR count). The van der Waals surface area contributed by atoms with Crippen molar-refractivity contribution < 1.29 is 13.2 Å². The Morgan fingerprint density at radius 1 is 1.24 bits per heavy atom. The average molecular weight is 435 g/mol. The molecule has 1 amide bonds.